The lowest BCUT2D eigenvalue weighted by atomic mass is 10.1. The second kappa shape index (κ2) is 10.1. The van der Waals surface area contributed by atoms with E-state index in [0.717, 1.165) is 5.56 Å². The number of rotatable bonds is 9. The van der Waals surface area contributed by atoms with Crippen LogP contribution >= 0.6 is 0 Å². The summed E-state index contributed by atoms with van der Waals surface area (Å²) in [5, 5.41) is 43.6. The molecule has 5 atom stereocenters. The first-order valence-electron chi connectivity index (χ1n) is 10.5. The summed E-state index contributed by atoms with van der Waals surface area (Å²) in [5.41, 5.74) is 2.00. The molecule has 13 heteroatoms. The van der Waals surface area contributed by atoms with Gasteiger partial charge in [0, 0.05) is 19.5 Å². The number of hydrogen-bond donors (Lipinski definition) is 6. The van der Waals surface area contributed by atoms with Gasteiger partial charge in [-0.1, -0.05) is 30.3 Å². The van der Waals surface area contributed by atoms with Gasteiger partial charge in [-0.15, -0.1) is 0 Å². The number of aliphatic hydroxyl groups is 3. The number of carboxylic acid groups (broad SMARTS) is 1. The van der Waals surface area contributed by atoms with E-state index in [4.69, 9.17) is 9.84 Å². The van der Waals surface area contributed by atoms with Crippen molar-refractivity contribution in [1.82, 2.24) is 24.8 Å². The quantitative estimate of drug-likeness (QED) is 0.224. The van der Waals surface area contributed by atoms with Crippen LogP contribution in [0.15, 0.2) is 43.0 Å². The van der Waals surface area contributed by atoms with Crippen molar-refractivity contribution < 1.29 is 34.8 Å². The van der Waals surface area contributed by atoms with Gasteiger partial charge >= 0.3 is 5.97 Å². The second-order valence-electron chi connectivity index (χ2n) is 7.81. The van der Waals surface area contributed by atoms with E-state index in [9.17, 15) is 24.9 Å². The summed E-state index contributed by atoms with van der Waals surface area (Å²) in [6.07, 6.45) is -3.76. The zero-order chi connectivity index (χ0) is 24.2. The summed E-state index contributed by atoms with van der Waals surface area (Å²) in [7, 11) is 0. The van der Waals surface area contributed by atoms with E-state index in [1.54, 1.807) is 4.57 Å². The van der Waals surface area contributed by atoms with Crippen molar-refractivity contribution in [1.29, 1.82) is 0 Å². The minimum absolute atomic E-state index is 0.110. The van der Waals surface area contributed by atoms with Gasteiger partial charge in [0.15, 0.2) is 35.4 Å². The molecule has 0 radical (unpaired) electrons. The predicted molar refractivity (Wildman–Crippen MR) is 116 cm³/mol. The van der Waals surface area contributed by atoms with Crippen LogP contribution in [0.1, 0.15) is 18.2 Å². The van der Waals surface area contributed by atoms with Crippen molar-refractivity contribution in [3.05, 3.63) is 48.5 Å². The molecular weight excluding hydrogens is 448 g/mol. The number of carbonyl (C=O) groups excluding carboxylic acids is 1. The van der Waals surface area contributed by atoms with E-state index in [0.29, 0.717) is 23.5 Å². The van der Waals surface area contributed by atoms with E-state index in [1.165, 1.54) is 12.7 Å². The van der Waals surface area contributed by atoms with Crippen LogP contribution in [-0.4, -0.2) is 82.8 Å². The Morgan fingerprint density at radius 1 is 1.15 bits per heavy atom. The van der Waals surface area contributed by atoms with Gasteiger partial charge in [0.05, 0.1) is 12.4 Å². The molecule has 34 heavy (non-hydrogen) atoms. The van der Waals surface area contributed by atoms with Crippen LogP contribution in [0.3, 0.4) is 0 Å². The number of aliphatic carboxylic acids is 1. The minimum Gasteiger partial charge on any atom is -0.479 e. The number of anilines is 1. The Morgan fingerprint density at radius 2 is 1.91 bits per heavy atom. The largest absolute Gasteiger partial charge is 0.479 e. The maximum atomic E-state index is 11.9. The molecule has 0 bridgehead atoms. The number of carbonyl (C=O) groups is 2. The smallest absolute Gasteiger partial charge is 0.335 e. The summed E-state index contributed by atoms with van der Waals surface area (Å²) in [6.45, 7) is 0.424. The Labute approximate surface area is 193 Å². The van der Waals surface area contributed by atoms with Crippen molar-refractivity contribution in [3.63, 3.8) is 0 Å². The van der Waals surface area contributed by atoms with Gasteiger partial charge in [-0.2, -0.15) is 0 Å². The maximum Gasteiger partial charge on any atom is 0.335 e. The molecular formula is C21H24N6O7. The molecule has 0 unspecified atom stereocenters. The Bertz CT molecular complexity index is 1160. The predicted octanol–water partition coefficient (Wildman–Crippen LogP) is -0.991. The van der Waals surface area contributed by atoms with Crippen molar-refractivity contribution in [2.24, 2.45) is 0 Å². The Hall–Kier alpha value is -3.65. The van der Waals surface area contributed by atoms with Crippen LogP contribution < -0.4 is 10.6 Å². The van der Waals surface area contributed by atoms with Crippen LogP contribution in [0.25, 0.3) is 11.2 Å². The molecule has 1 aliphatic heterocycles. The van der Waals surface area contributed by atoms with Crippen LogP contribution in [-0.2, 0) is 20.9 Å². The lowest BCUT2D eigenvalue weighted by molar-refractivity contribution is -0.158. The number of ether oxygens (including phenoxy) is 1. The average Bonchev–Trinajstić information content (AvgIpc) is 3.43. The molecule has 4 rings (SSSR count). The molecule has 0 spiro atoms. The molecule has 6 N–H and O–H groups in total. The fraction of sp³-hybridized carbons (Fsp3) is 0.381. The van der Waals surface area contributed by atoms with Crippen LogP contribution in [0, 0.1) is 0 Å². The van der Waals surface area contributed by atoms with Gasteiger partial charge in [-0.3, -0.25) is 9.36 Å². The number of amides is 1. The number of aliphatic hydroxyl groups excluding tert-OH is 3. The van der Waals surface area contributed by atoms with E-state index in [2.05, 4.69) is 25.6 Å². The van der Waals surface area contributed by atoms with Gasteiger partial charge in [0.1, 0.15) is 12.4 Å². The summed E-state index contributed by atoms with van der Waals surface area (Å²) >= 11 is 0. The van der Waals surface area contributed by atoms with Gasteiger partial charge < -0.3 is 35.8 Å². The minimum atomic E-state index is -2.25. The van der Waals surface area contributed by atoms with Crippen LogP contribution in [0.2, 0.25) is 0 Å². The number of carboxylic acids is 1. The Morgan fingerprint density at radius 3 is 2.65 bits per heavy atom. The monoisotopic (exact) mass is 472 g/mol. The maximum absolute atomic E-state index is 11.9. The standard InChI is InChI=1S/C21H24N6O7/c28-13-6-12(8-23-19(31)15(29)16(30)21(32)33)34-20(13)27-10-26-14-17(24-9-25-18(14)27)22-7-11-4-2-1-3-5-11/h1-5,9-10,12-13,15-16,20,28-30H,6-8H2,(H,23,31)(H,32,33)(H,22,24,25)/t12-,13+,15-,16-,20+/m0/s1. The SMILES string of the molecule is O=C(O)[C@@H](O)[C@H](O)C(=O)NC[C@@H]1C[C@@H](O)[C@H](n2cnc3c(NCc4ccccc4)ncnc32)O1. The fourth-order valence-corrected chi connectivity index (χ4v) is 3.66. The fourth-order valence-electron chi connectivity index (χ4n) is 3.66. The summed E-state index contributed by atoms with van der Waals surface area (Å²) in [5.74, 6) is -2.26. The third-order valence-corrected chi connectivity index (χ3v) is 5.43. The third kappa shape index (κ3) is 4.97. The van der Waals surface area contributed by atoms with E-state index < -0.39 is 42.5 Å². The van der Waals surface area contributed by atoms with Gasteiger partial charge in [-0.25, -0.2) is 19.7 Å². The third-order valence-electron chi connectivity index (χ3n) is 5.43. The highest BCUT2D eigenvalue weighted by Gasteiger charge is 2.37. The molecule has 180 valence electrons. The van der Waals surface area contributed by atoms with E-state index in [1.807, 2.05) is 30.3 Å². The zero-order valence-electron chi connectivity index (χ0n) is 17.9. The van der Waals surface area contributed by atoms with E-state index >= 15 is 0 Å². The lowest BCUT2D eigenvalue weighted by Gasteiger charge is -2.18. The number of benzene rings is 1. The van der Waals surface area contributed by atoms with Crippen molar-refractivity contribution >= 4 is 28.9 Å². The summed E-state index contributed by atoms with van der Waals surface area (Å²) < 4.78 is 7.42. The molecule has 3 heterocycles. The highest BCUT2D eigenvalue weighted by Crippen LogP contribution is 2.31. The topological polar surface area (TPSA) is 192 Å². The van der Waals surface area contributed by atoms with Gasteiger partial charge in [-0.05, 0) is 5.56 Å². The number of imidazole rings is 1. The first-order valence-corrected chi connectivity index (χ1v) is 10.5. The molecule has 0 saturated carbocycles. The molecule has 1 saturated heterocycles. The number of hydrogen-bond acceptors (Lipinski definition) is 10. The first-order chi connectivity index (χ1) is 16.3. The Balaban J connectivity index is 1.41. The van der Waals surface area contributed by atoms with Gasteiger partial charge in [0.2, 0.25) is 0 Å². The molecule has 1 fully saturated rings. The summed E-state index contributed by atoms with van der Waals surface area (Å²) in [4.78, 5) is 35.5. The zero-order valence-corrected chi connectivity index (χ0v) is 17.9. The van der Waals surface area contributed by atoms with Crippen molar-refractivity contribution in [2.45, 2.75) is 43.6 Å². The van der Waals surface area contributed by atoms with Crippen molar-refractivity contribution in [2.75, 3.05) is 11.9 Å². The highest BCUT2D eigenvalue weighted by atomic mass is 16.5. The normalized spacial score (nSPS) is 21.8. The number of fused-ring (bicyclic) bond motifs is 1. The van der Waals surface area contributed by atoms with Gasteiger partial charge in [0.25, 0.3) is 5.91 Å². The van der Waals surface area contributed by atoms with Crippen LogP contribution in [0.5, 0.6) is 0 Å². The molecule has 0 aliphatic carbocycles. The number of nitrogens with one attached hydrogen (secondary N) is 2. The van der Waals surface area contributed by atoms with E-state index in [-0.39, 0.29) is 13.0 Å². The van der Waals surface area contributed by atoms with Crippen LogP contribution in [0.4, 0.5) is 5.82 Å². The molecule has 2 aromatic heterocycles. The molecule has 13 nitrogen and oxygen atoms in total. The number of nitrogens with zero attached hydrogens (tertiary/aromatic N) is 4. The molecule has 1 aromatic carbocycles. The highest BCUT2D eigenvalue weighted by molar-refractivity contribution is 5.87. The molecule has 1 aliphatic rings. The average molecular weight is 472 g/mol. The molecule has 1 amide bonds. The first kappa shape index (κ1) is 23.5. The number of aromatic nitrogens is 4. The summed E-state index contributed by atoms with van der Waals surface area (Å²) in [6, 6.07) is 9.77. The Kier molecular flexibility index (Phi) is 6.98. The van der Waals surface area contributed by atoms with Crippen molar-refractivity contribution in [3.8, 4) is 0 Å². The molecule has 3 aromatic rings. The lowest BCUT2D eigenvalue weighted by Crippen LogP contribution is -2.47. The second-order valence-corrected chi connectivity index (χ2v) is 7.81.